The molecule has 3 aromatic heterocycles. The Labute approximate surface area is 147 Å². The van der Waals surface area contributed by atoms with E-state index in [0.717, 1.165) is 0 Å². The fourth-order valence-corrected chi connectivity index (χ4v) is 2.15. The number of anilines is 1. The van der Waals surface area contributed by atoms with Gasteiger partial charge in [-0.05, 0) is 25.1 Å². The van der Waals surface area contributed by atoms with Crippen LogP contribution in [0.25, 0.3) is 11.7 Å². The number of oxazole rings is 1. The summed E-state index contributed by atoms with van der Waals surface area (Å²) in [5.41, 5.74) is 0.457. The Bertz CT molecular complexity index is 878. The summed E-state index contributed by atoms with van der Waals surface area (Å²) in [6.07, 6.45) is -1.15. The molecule has 0 spiro atoms. The predicted octanol–water partition coefficient (Wildman–Crippen LogP) is 3.46. The minimum absolute atomic E-state index is 0.000761. The van der Waals surface area contributed by atoms with Gasteiger partial charge in [0.1, 0.15) is 11.6 Å². The second-order valence-corrected chi connectivity index (χ2v) is 5.29. The summed E-state index contributed by atoms with van der Waals surface area (Å²) in [6.45, 7) is 0.928. The Hall–Kier alpha value is -3.23. The molecule has 0 aliphatic rings. The Morgan fingerprint density at radius 2 is 2.12 bits per heavy atom. The number of carbonyl (C=O) groups excluding carboxylic acids is 1. The molecule has 136 valence electrons. The Morgan fingerprint density at radius 3 is 2.85 bits per heavy atom. The largest absolute Gasteiger partial charge is 0.472 e. The van der Waals surface area contributed by atoms with Gasteiger partial charge in [-0.2, -0.15) is 4.98 Å². The molecule has 1 amide bonds. The van der Waals surface area contributed by atoms with Crippen molar-refractivity contribution in [3.05, 3.63) is 48.0 Å². The number of ether oxygens (including phenoxy) is 1. The molecule has 0 saturated carbocycles. The van der Waals surface area contributed by atoms with Crippen molar-refractivity contribution in [3.8, 4) is 17.5 Å². The number of halogens is 2. The summed E-state index contributed by atoms with van der Waals surface area (Å²) in [4.78, 5) is 20.4. The average Bonchev–Trinajstić information content (AvgIpc) is 3.24. The number of nitrogens with zero attached hydrogens (tertiary/aromatic N) is 2. The zero-order valence-corrected chi connectivity index (χ0v) is 13.7. The molecule has 0 aliphatic carbocycles. The maximum absolute atomic E-state index is 12.2. The third-order valence-electron chi connectivity index (χ3n) is 3.30. The summed E-state index contributed by atoms with van der Waals surface area (Å²) in [5.74, 6) is 1.05. The van der Waals surface area contributed by atoms with E-state index in [1.807, 2.05) is 0 Å². The molecular formula is C17H15F2N3O4. The summed E-state index contributed by atoms with van der Waals surface area (Å²) < 4.78 is 39.9. The molecule has 3 heterocycles. The van der Waals surface area contributed by atoms with Gasteiger partial charge in [-0.3, -0.25) is 4.79 Å². The van der Waals surface area contributed by atoms with Crippen LogP contribution in [0.5, 0.6) is 5.88 Å². The average molecular weight is 363 g/mol. The van der Waals surface area contributed by atoms with Gasteiger partial charge in [0.25, 0.3) is 12.3 Å². The molecule has 3 aromatic rings. The molecule has 0 saturated heterocycles. The molecule has 3 rings (SSSR count). The molecule has 0 unspecified atom stereocenters. The number of nitrogens with one attached hydrogen (secondary N) is 1. The third kappa shape index (κ3) is 4.44. The van der Waals surface area contributed by atoms with E-state index in [0.29, 0.717) is 17.2 Å². The van der Waals surface area contributed by atoms with Gasteiger partial charge in [-0.25, -0.2) is 13.8 Å². The van der Waals surface area contributed by atoms with Crippen LogP contribution in [0, 0.1) is 6.92 Å². The van der Waals surface area contributed by atoms with Gasteiger partial charge < -0.3 is 18.9 Å². The Morgan fingerprint density at radius 1 is 1.27 bits per heavy atom. The molecule has 0 fully saturated rings. The number of carbonyl (C=O) groups is 1. The van der Waals surface area contributed by atoms with Crippen molar-refractivity contribution in [3.63, 3.8) is 0 Å². The number of hydrogen-bond acceptors (Lipinski definition) is 6. The smallest absolute Gasteiger partial charge is 0.272 e. The second kappa shape index (κ2) is 7.77. The molecule has 9 heteroatoms. The van der Waals surface area contributed by atoms with Crippen LogP contribution in [0.1, 0.15) is 11.5 Å². The van der Waals surface area contributed by atoms with E-state index in [1.54, 1.807) is 25.1 Å². The lowest BCUT2D eigenvalue weighted by Crippen LogP contribution is -2.16. The molecular weight excluding hydrogens is 348 g/mol. The lowest BCUT2D eigenvalue weighted by molar-refractivity contribution is -0.115. The first-order valence-corrected chi connectivity index (χ1v) is 7.69. The van der Waals surface area contributed by atoms with Crippen LogP contribution in [0.3, 0.4) is 0 Å². The van der Waals surface area contributed by atoms with E-state index in [-0.39, 0.29) is 29.9 Å². The van der Waals surface area contributed by atoms with Gasteiger partial charge in [0.15, 0.2) is 12.4 Å². The highest BCUT2D eigenvalue weighted by molar-refractivity contribution is 5.91. The summed E-state index contributed by atoms with van der Waals surface area (Å²) in [6, 6.07) is 7.90. The summed E-state index contributed by atoms with van der Waals surface area (Å²) in [7, 11) is 0. The fraction of sp³-hybridized carbons (Fsp3) is 0.235. The van der Waals surface area contributed by atoms with Crippen molar-refractivity contribution in [2.75, 3.05) is 11.9 Å². The summed E-state index contributed by atoms with van der Waals surface area (Å²) in [5, 5.41) is 2.57. The minimum Gasteiger partial charge on any atom is -0.472 e. The van der Waals surface area contributed by atoms with Gasteiger partial charge >= 0.3 is 0 Å². The number of alkyl halides is 2. The maximum Gasteiger partial charge on any atom is 0.272 e. The van der Waals surface area contributed by atoms with Gasteiger partial charge in [-0.15, -0.1) is 0 Å². The quantitative estimate of drug-likeness (QED) is 0.691. The van der Waals surface area contributed by atoms with Crippen molar-refractivity contribution in [2.45, 2.75) is 19.8 Å². The van der Waals surface area contributed by atoms with Crippen molar-refractivity contribution in [2.24, 2.45) is 0 Å². The predicted molar refractivity (Wildman–Crippen MR) is 87.0 cm³/mol. The normalized spacial score (nSPS) is 10.9. The molecule has 0 radical (unpaired) electrons. The van der Waals surface area contributed by atoms with Crippen LogP contribution in [0.15, 0.2) is 45.4 Å². The zero-order valence-electron chi connectivity index (χ0n) is 13.7. The van der Waals surface area contributed by atoms with E-state index in [1.165, 1.54) is 18.4 Å². The van der Waals surface area contributed by atoms with Crippen LogP contribution < -0.4 is 10.1 Å². The number of aryl methyl sites for hydroxylation is 1. The molecule has 7 nitrogen and oxygen atoms in total. The molecule has 0 bridgehead atoms. The SMILES string of the molecule is Cc1oc(-c2ccco2)nc1CC(=O)Nc1cccc(OCC(F)F)n1. The van der Waals surface area contributed by atoms with Gasteiger partial charge in [0.05, 0.1) is 18.4 Å². The van der Waals surface area contributed by atoms with Crippen LogP contribution in [0.2, 0.25) is 0 Å². The zero-order chi connectivity index (χ0) is 18.5. The minimum atomic E-state index is -2.60. The van der Waals surface area contributed by atoms with Crippen molar-refractivity contribution in [1.29, 1.82) is 0 Å². The topological polar surface area (TPSA) is 90.4 Å². The fourth-order valence-electron chi connectivity index (χ4n) is 2.15. The molecule has 0 aromatic carbocycles. The Kier molecular flexibility index (Phi) is 5.26. The monoisotopic (exact) mass is 363 g/mol. The van der Waals surface area contributed by atoms with Crippen molar-refractivity contribution < 1.29 is 27.1 Å². The highest BCUT2D eigenvalue weighted by Crippen LogP contribution is 2.22. The van der Waals surface area contributed by atoms with Gasteiger partial charge in [-0.1, -0.05) is 6.07 Å². The number of amides is 1. The summed E-state index contributed by atoms with van der Waals surface area (Å²) >= 11 is 0. The number of rotatable bonds is 7. The van der Waals surface area contributed by atoms with E-state index in [2.05, 4.69) is 15.3 Å². The van der Waals surface area contributed by atoms with Gasteiger partial charge in [0.2, 0.25) is 11.8 Å². The van der Waals surface area contributed by atoms with Crippen molar-refractivity contribution in [1.82, 2.24) is 9.97 Å². The lowest BCUT2D eigenvalue weighted by Gasteiger charge is -2.07. The van der Waals surface area contributed by atoms with Crippen LogP contribution >= 0.6 is 0 Å². The number of hydrogen-bond donors (Lipinski definition) is 1. The van der Waals surface area contributed by atoms with Crippen LogP contribution in [-0.4, -0.2) is 28.9 Å². The highest BCUT2D eigenvalue weighted by Gasteiger charge is 2.16. The second-order valence-electron chi connectivity index (χ2n) is 5.29. The van der Waals surface area contributed by atoms with Crippen LogP contribution in [0.4, 0.5) is 14.6 Å². The van der Waals surface area contributed by atoms with E-state index < -0.39 is 13.0 Å². The molecule has 26 heavy (non-hydrogen) atoms. The Balaban J connectivity index is 1.63. The highest BCUT2D eigenvalue weighted by atomic mass is 19.3. The first kappa shape index (κ1) is 17.6. The first-order chi connectivity index (χ1) is 12.5. The lowest BCUT2D eigenvalue weighted by atomic mass is 10.2. The molecule has 1 N–H and O–H groups in total. The van der Waals surface area contributed by atoms with Crippen molar-refractivity contribution >= 4 is 11.7 Å². The standard InChI is InChI=1S/C17H15F2N3O4/c1-10-11(20-17(26-10)12-4-3-7-24-12)8-15(23)21-14-5-2-6-16(22-14)25-9-13(18)19/h2-7,13H,8-9H2,1H3,(H,21,22,23). The van der Waals surface area contributed by atoms with E-state index in [4.69, 9.17) is 13.6 Å². The molecule has 0 aliphatic heterocycles. The third-order valence-corrected chi connectivity index (χ3v) is 3.30. The molecule has 0 atom stereocenters. The van der Waals surface area contributed by atoms with E-state index in [9.17, 15) is 13.6 Å². The number of aromatic nitrogens is 2. The van der Waals surface area contributed by atoms with Crippen LogP contribution in [-0.2, 0) is 11.2 Å². The number of furan rings is 1. The van der Waals surface area contributed by atoms with E-state index >= 15 is 0 Å². The van der Waals surface area contributed by atoms with Gasteiger partial charge in [0, 0.05) is 6.07 Å². The first-order valence-electron chi connectivity index (χ1n) is 7.69. The maximum atomic E-state index is 12.2. The number of pyridine rings is 1.